The molecule has 0 aromatic heterocycles. The first-order valence-corrected chi connectivity index (χ1v) is 8.27. The molecule has 1 atom stereocenters. The smallest absolute Gasteiger partial charge is 0.113 e. The topological polar surface area (TPSA) is 20.2 Å². The van der Waals surface area contributed by atoms with Gasteiger partial charge in [0, 0.05) is 0 Å². The van der Waals surface area contributed by atoms with Crippen molar-refractivity contribution in [2.75, 3.05) is 0 Å². The summed E-state index contributed by atoms with van der Waals surface area (Å²) in [5.41, 5.74) is -0.162. The zero-order chi connectivity index (χ0) is 10.8. The Hall–Kier alpha value is -0.603. The van der Waals surface area contributed by atoms with Gasteiger partial charge in [-0.1, -0.05) is 62.5 Å². The van der Waals surface area contributed by atoms with Crippen molar-refractivity contribution < 1.29 is 5.11 Å². The van der Waals surface area contributed by atoms with Crippen LogP contribution in [0.3, 0.4) is 0 Å². The molecule has 0 saturated carbocycles. The van der Waals surface area contributed by atoms with Crippen LogP contribution in [0.25, 0.3) is 0 Å². The average Bonchev–Trinajstić information content (AvgIpc) is 2.18. The van der Waals surface area contributed by atoms with Gasteiger partial charge >= 0.3 is 0 Å². The van der Waals surface area contributed by atoms with Gasteiger partial charge < -0.3 is 5.11 Å². The van der Waals surface area contributed by atoms with Crippen molar-refractivity contribution >= 4 is 13.3 Å². The summed E-state index contributed by atoms with van der Waals surface area (Å²) in [7, 11) is -1.69. The second-order valence-electron chi connectivity index (χ2n) is 4.78. The van der Waals surface area contributed by atoms with Crippen LogP contribution in [0.1, 0.15) is 13.8 Å². The van der Waals surface area contributed by atoms with Crippen molar-refractivity contribution in [2.45, 2.75) is 32.7 Å². The van der Waals surface area contributed by atoms with Gasteiger partial charge in [0.05, 0.1) is 5.73 Å². The molecule has 0 radical (unpaired) electrons. The third kappa shape index (κ3) is 2.25. The fourth-order valence-electron chi connectivity index (χ4n) is 1.87. The molecule has 0 amide bonds. The Morgan fingerprint density at radius 2 is 1.57 bits per heavy atom. The summed E-state index contributed by atoms with van der Waals surface area (Å²) < 4.78 is 0. The molecule has 1 N–H and O–H groups in total. The maximum Gasteiger partial charge on any atom is 0.113 e. The zero-order valence-corrected chi connectivity index (χ0v) is 10.5. The molecule has 1 rings (SSSR count). The van der Waals surface area contributed by atoms with Crippen LogP contribution in [-0.4, -0.2) is 18.9 Å². The van der Waals surface area contributed by atoms with Crippen LogP contribution in [-0.2, 0) is 0 Å². The SMILES string of the molecule is CC(C)[C@H](O)[Si](C)(C)c1ccccc1. The summed E-state index contributed by atoms with van der Waals surface area (Å²) in [5.74, 6) is 0.344. The van der Waals surface area contributed by atoms with Crippen LogP contribution in [0.2, 0.25) is 13.1 Å². The molecule has 2 heteroatoms. The van der Waals surface area contributed by atoms with Crippen LogP contribution in [0.4, 0.5) is 0 Å². The Bertz CT molecular complexity index is 280. The van der Waals surface area contributed by atoms with E-state index >= 15 is 0 Å². The fourth-order valence-corrected chi connectivity index (χ4v) is 4.93. The Kier molecular flexibility index (Phi) is 3.51. The minimum absolute atomic E-state index is 0.162. The molecule has 0 aliphatic rings. The van der Waals surface area contributed by atoms with Crippen LogP contribution >= 0.6 is 0 Å². The molecule has 0 unspecified atom stereocenters. The number of hydrogen-bond donors (Lipinski definition) is 1. The summed E-state index contributed by atoms with van der Waals surface area (Å²) in [6.07, 6.45) is 0. The highest BCUT2D eigenvalue weighted by Crippen LogP contribution is 2.15. The molecule has 0 heterocycles. The molecule has 0 aliphatic carbocycles. The van der Waals surface area contributed by atoms with E-state index in [4.69, 9.17) is 0 Å². The molecular formula is C12H20OSi. The molecule has 1 aromatic carbocycles. The predicted octanol–water partition coefficient (Wildman–Crippen LogP) is 2.16. The highest BCUT2D eigenvalue weighted by molar-refractivity contribution is 6.90. The summed E-state index contributed by atoms with van der Waals surface area (Å²) in [6.45, 7) is 8.63. The molecule has 0 bridgehead atoms. The highest BCUT2D eigenvalue weighted by Gasteiger charge is 2.33. The lowest BCUT2D eigenvalue weighted by Gasteiger charge is -2.31. The lowest BCUT2D eigenvalue weighted by molar-refractivity contribution is 0.194. The van der Waals surface area contributed by atoms with E-state index in [0.717, 1.165) is 0 Å². The normalized spacial score (nSPS) is 14.4. The minimum atomic E-state index is -1.69. The van der Waals surface area contributed by atoms with Gasteiger partial charge in [-0.15, -0.1) is 0 Å². The largest absolute Gasteiger partial charge is 0.396 e. The van der Waals surface area contributed by atoms with Crippen molar-refractivity contribution in [3.63, 3.8) is 0 Å². The van der Waals surface area contributed by atoms with Crippen molar-refractivity contribution in [3.05, 3.63) is 30.3 Å². The number of aliphatic hydroxyl groups is 1. The molecule has 14 heavy (non-hydrogen) atoms. The van der Waals surface area contributed by atoms with E-state index in [9.17, 15) is 5.11 Å². The monoisotopic (exact) mass is 208 g/mol. The molecule has 0 fully saturated rings. The van der Waals surface area contributed by atoms with Gasteiger partial charge in [-0.2, -0.15) is 0 Å². The molecule has 1 aromatic rings. The lowest BCUT2D eigenvalue weighted by Crippen LogP contribution is -2.54. The van der Waals surface area contributed by atoms with Crippen molar-refractivity contribution in [3.8, 4) is 0 Å². The van der Waals surface area contributed by atoms with Crippen molar-refractivity contribution in [2.24, 2.45) is 5.92 Å². The maximum atomic E-state index is 10.2. The number of rotatable bonds is 3. The Balaban J connectivity index is 2.96. The highest BCUT2D eigenvalue weighted by atomic mass is 28.3. The van der Waals surface area contributed by atoms with Gasteiger partial charge in [-0.25, -0.2) is 0 Å². The van der Waals surface area contributed by atoms with E-state index in [1.54, 1.807) is 0 Å². The fraction of sp³-hybridized carbons (Fsp3) is 0.500. The van der Waals surface area contributed by atoms with E-state index < -0.39 is 8.07 Å². The first kappa shape index (κ1) is 11.5. The first-order valence-electron chi connectivity index (χ1n) is 5.20. The van der Waals surface area contributed by atoms with E-state index in [1.165, 1.54) is 5.19 Å². The third-order valence-electron chi connectivity index (χ3n) is 2.89. The Labute approximate surface area is 87.8 Å². The molecule has 1 nitrogen and oxygen atoms in total. The van der Waals surface area contributed by atoms with Gasteiger partial charge in [0.1, 0.15) is 8.07 Å². The minimum Gasteiger partial charge on any atom is -0.396 e. The van der Waals surface area contributed by atoms with Gasteiger partial charge in [0.25, 0.3) is 0 Å². The van der Waals surface area contributed by atoms with Crippen LogP contribution in [0.15, 0.2) is 30.3 Å². The standard InChI is InChI=1S/C12H20OSi/c1-10(2)12(13)14(3,4)11-8-6-5-7-9-11/h5-10,12-13H,1-4H3/t12-/m1/s1. The van der Waals surface area contributed by atoms with Crippen LogP contribution in [0.5, 0.6) is 0 Å². The molecule has 0 aliphatic heterocycles. The van der Waals surface area contributed by atoms with Gasteiger partial charge in [0.2, 0.25) is 0 Å². The van der Waals surface area contributed by atoms with E-state index in [-0.39, 0.29) is 5.73 Å². The molecule has 0 saturated heterocycles. The summed E-state index contributed by atoms with van der Waals surface area (Å²) >= 11 is 0. The van der Waals surface area contributed by atoms with Crippen LogP contribution in [0, 0.1) is 5.92 Å². The Morgan fingerprint density at radius 1 is 1.07 bits per heavy atom. The van der Waals surface area contributed by atoms with Crippen LogP contribution < -0.4 is 5.19 Å². The summed E-state index contributed by atoms with van der Waals surface area (Å²) in [6, 6.07) is 10.4. The van der Waals surface area contributed by atoms with Gasteiger partial charge in [0.15, 0.2) is 0 Å². The first-order chi connectivity index (χ1) is 6.46. The van der Waals surface area contributed by atoms with Gasteiger partial charge in [-0.05, 0) is 5.92 Å². The molecule has 0 spiro atoms. The summed E-state index contributed by atoms with van der Waals surface area (Å²) in [4.78, 5) is 0. The van der Waals surface area contributed by atoms with Crippen molar-refractivity contribution in [1.82, 2.24) is 0 Å². The third-order valence-corrected chi connectivity index (χ3v) is 6.86. The Morgan fingerprint density at radius 3 is 2.00 bits per heavy atom. The summed E-state index contributed by atoms with van der Waals surface area (Å²) in [5, 5.41) is 11.5. The number of hydrogen-bond acceptors (Lipinski definition) is 1. The number of benzene rings is 1. The lowest BCUT2D eigenvalue weighted by atomic mass is 10.2. The zero-order valence-electron chi connectivity index (χ0n) is 9.49. The van der Waals surface area contributed by atoms with E-state index in [0.29, 0.717) is 5.92 Å². The molecular weight excluding hydrogens is 188 g/mol. The quantitative estimate of drug-likeness (QED) is 0.755. The number of aliphatic hydroxyl groups excluding tert-OH is 1. The second kappa shape index (κ2) is 4.28. The predicted molar refractivity (Wildman–Crippen MR) is 64.4 cm³/mol. The second-order valence-corrected chi connectivity index (χ2v) is 9.39. The average molecular weight is 208 g/mol. The van der Waals surface area contributed by atoms with Gasteiger partial charge in [-0.3, -0.25) is 0 Å². The maximum absolute atomic E-state index is 10.2. The van der Waals surface area contributed by atoms with Crippen molar-refractivity contribution in [1.29, 1.82) is 0 Å². The molecule has 78 valence electrons. The van der Waals surface area contributed by atoms with E-state index in [1.807, 2.05) is 6.07 Å². The van der Waals surface area contributed by atoms with E-state index in [2.05, 4.69) is 51.2 Å².